The van der Waals surface area contributed by atoms with Crippen molar-refractivity contribution in [3.8, 4) is 0 Å². The fourth-order valence-corrected chi connectivity index (χ4v) is 1.38. The lowest BCUT2D eigenvalue weighted by atomic mass is 10.4. The SMILES string of the molecule is Cl.FC(F)n1nccc1CNCc1ccco1. The van der Waals surface area contributed by atoms with E-state index in [0.717, 1.165) is 5.76 Å². The number of aromatic nitrogens is 2. The van der Waals surface area contributed by atoms with Gasteiger partial charge in [0.15, 0.2) is 0 Å². The van der Waals surface area contributed by atoms with Crippen molar-refractivity contribution in [2.45, 2.75) is 19.6 Å². The molecule has 4 nitrogen and oxygen atoms in total. The average molecular weight is 264 g/mol. The highest BCUT2D eigenvalue weighted by Gasteiger charge is 2.10. The van der Waals surface area contributed by atoms with Crippen molar-refractivity contribution in [1.82, 2.24) is 15.1 Å². The van der Waals surface area contributed by atoms with Crippen LogP contribution in [0.15, 0.2) is 35.1 Å². The summed E-state index contributed by atoms with van der Waals surface area (Å²) in [6.45, 7) is -1.78. The normalized spacial score (nSPS) is 10.5. The Balaban J connectivity index is 0.00000144. The summed E-state index contributed by atoms with van der Waals surface area (Å²) in [5.74, 6) is 0.767. The third kappa shape index (κ3) is 3.54. The molecular formula is C10H12ClF2N3O. The van der Waals surface area contributed by atoms with Crippen LogP contribution in [-0.4, -0.2) is 9.78 Å². The molecule has 0 aliphatic carbocycles. The number of hydrogen-bond acceptors (Lipinski definition) is 3. The lowest BCUT2D eigenvalue weighted by Crippen LogP contribution is -2.16. The van der Waals surface area contributed by atoms with E-state index >= 15 is 0 Å². The van der Waals surface area contributed by atoms with Gasteiger partial charge in [-0.15, -0.1) is 12.4 Å². The fourth-order valence-electron chi connectivity index (χ4n) is 1.38. The second kappa shape index (κ2) is 6.36. The summed E-state index contributed by atoms with van der Waals surface area (Å²) in [6.07, 6.45) is 2.93. The molecule has 1 N–H and O–H groups in total. The summed E-state index contributed by atoms with van der Waals surface area (Å²) in [5.41, 5.74) is 0.446. The molecule has 0 aliphatic rings. The van der Waals surface area contributed by atoms with Crippen LogP contribution in [0.1, 0.15) is 18.0 Å². The lowest BCUT2D eigenvalue weighted by Gasteiger charge is -2.06. The molecule has 0 amide bonds. The Labute approximate surface area is 103 Å². The van der Waals surface area contributed by atoms with E-state index in [1.807, 2.05) is 6.07 Å². The van der Waals surface area contributed by atoms with Gasteiger partial charge < -0.3 is 9.73 Å². The van der Waals surface area contributed by atoms with Crippen LogP contribution in [0.4, 0.5) is 8.78 Å². The first-order valence-electron chi connectivity index (χ1n) is 4.81. The van der Waals surface area contributed by atoms with Gasteiger partial charge in [-0.05, 0) is 18.2 Å². The van der Waals surface area contributed by atoms with Crippen LogP contribution in [-0.2, 0) is 13.1 Å². The van der Waals surface area contributed by atoms with Crippen LogP contribution in [0, 0.1) is 0 Å². The maximum Gasteiger partial charge on any atom is 0.333 e. The number of hydrogen-bond donors (Lipinski definition) is 1. The van der Waals surface area contributed by atoms with Gasteiger partial charge in [0.05, 0.1) is 18.5 Å². The molecule has 0 bridgehead atoms. The molecule has 0 spiro atoms. The van der Waals surface area contributed by atoms with E-state index in [1.54, 1.807) is 18.4 Å². The molecule has 2 aromatic rings. The van der Waals surface area contributed by atoms with Crippen molar-refractivity contribution in [2.24, 2.45) is 0 Å². The van der Waals surface area contributed by atoms with Crippen LogP contribution in [0.2, 0.25) is 0 Å². The molecule has 2 aromatic heterocycles. The van der Waals surface area contributed by atoms with Gasteiger partial charge in [0.1, 0.15) is 5.76 Å². The molecule has 94 valence electrons. The monoisotopic (exact) mass is 263 g/mol. The van der Waals surface area contributed by atoms with Crippen molar-refractivity contribution >= 4 is 12.4 Å². The minimum Gasteiger partial charge on any atom is -0.468 e. The highest BCUT2D eigenvalue weighted by molar-refractivity contribution is 5.85. The Kier molecular flexibility index (Phi) is 5.11. The number of nitrogens with zero attached hydrogens (tertiary/aromatic N) is 2. The predicted octanol–water partition coefficient (Wildman–Crippen LogP) is 2.58. The molecule has 2 rings (SSSR count). The van der Waals surface area contributed by atoms with E-state index < -0.39 is 6.55 Å². The van der Waals surface area contributed by atoms with Gasteiger partial charge in [-0.3, -0.25) is 0 Å². The van der Waals surface area contributed by atoms with Gasteiger partial charge in [0.2, 0.25) is 0 Å². The first-order valence-corrected chi connectivity index (χ1v) is 4.81. The van der Waals surface area contributed by atoms with E-state index in [9.17, 15) is 8.78 Å². The maximum atomic E-state index is 12.4. The molecule has 0 saturated carbocycles. The zero-order valence-electron chi connectivity index (χ0n) is 8.85. The number of halogens is 3. The smallest absolute Gasteiger partial charge is 0.333 e. The molecule has 0 atom stereocenters. The molecule has 0 aromatic carbocycles. The van der Waals surface area contributed by atoms with Crippen molar-refractivity contribution in [2.75, 3.05) is 0 Å². The van der Waals surface area contributed by atoms with Crippen molar-refractivity contribution in [1.29, 1.82) is 0 Å². The summed E-state index contributed by atoms with van der Waals surface area (Å²) < 4.78 is 30.6. The van der Waals surface area contributed by atoms with Crippen LogP contribution < -0.4 is 5.32 Å². The first-order chi connectivity index (χ1) is 7.77. The highest BCUT2D eigenvalue weighted by Crippen LogP contribution is 2.11. The molecule has 0 fully saturated rings. The van der Waals surface area contributed by atoms with E-state index in [-0.39, 0.29) is 12.4 Å². The van der Waals surface area contributed by atoms with E-state index in [4.69, 9.17) is 4.42 Å². The quantitative estimate of drug-likeness (QED) is 0.902. The summed E-state index contributed by atoms with van der Waals surface area (Å²) in [5, 5.41) is 6.53. The van der Waals surface area contributed by atoms with Gasteiger partial charge >= 0.3 is 6.55 Å². The summed E-state index contributed by atoms with van der Waals surface area (Å²) >= 11 is 0. The Hall–Kier alpha value is -1.40. The third-order valence-electron chi connectivity index (χ3n) is 2.12. The van der Waals surface area contributed by atoms with Crippen LogP contribution >= 0.6 is 12.4 Å². The Morgan fingerprint density at radius 3 is 2.82 bits per heavy atom. The van der Waals surface area contributed by atoms with Crippen LogP contribution in [0.25, 0.3) is 0 Å². The molecule has 2 heterocycles. The number of nitrogens with one attached hydrogen (secondary N) is 1. The molecule has 0 saturated heterocycles. The summed E-state index contributed by atoms with van der Waals surface area (Å²) in [4.78, 5) is 0. The van der Waals surface area contributed by atoms with Gasteiger partial charge in [0.25, 0.3) is 0 Å². The van der Waals surface area contributed by atoms with Crippen LogP contribution in [0.5, 0.6) is 0 Å². The summed E-state index contributed by atoms with van der Waals surface area (Å²) in [6, 6.07) is 5.15. The zero-order valence-corrected chi connectivity index (χ0v) is 9.66. The van der Waals surface area contributed by atoms with E-state index in [1.165, 1.54) is 6.20 Å². The molecule has 0 aliphatic heterocycles. The topological polar surface area (TPSA) is 43.0 Å². The van der Waals surface area contributed by atoms with Crippen molar-refractivity contribution in [3.63, 3.8) is 0 Å². The standard InChI is InChI=1S/C10H11F2N3O.ClH/c11-10(12)15-8(3-4-14-15)6-13-7-9-2-1-5-16-9;/h1-5,10,13H,6-7H2;1H. The molecule has 0 radical (unpaired) electrons. The Morgan fingerprint density at radius 1 is 1.35 bits per heavy atom. The Bertz CT molecular complexity index is 430. The molecular weight excluding hydrogens is 252 g/mol. The first kappa shape index (κ1) is 13.7. The van der Waals surface area contributed by atoms with Gasteiger partial charge in [-0.1, -0.05) is 0 Å². The van der Waals surface area contributed by atoms with E-state index in [0.29, 0.717) is 23.5 Å². The number of furan rings is 1. The minimum atomic E-state index is -2.60. The maximum absolute atomic E-state index is 12.4. The average Bonchev–Trinajstić information content (AvgIpc) is 2.87. The zero-order chi connectivity index (χ0) is 11.4. The second-order valence-electron chi connectivity index (χ2n) is 3.23. The highest BCUT2D eigenvalue weighted by atomic mass is 35.5. The van der Waals surface area contributed by atoms with Crippen molar-refractivity contribution < 1.29 is 13.2 Å². The van der Waals surface area contributed by atoms with Crippen LogP contribution in [0.3, 0.4) is 0 Å². The summed E-state index contributed by atoms with van der Waals surface area (Å²) in [7, 11) is 0. The Morgan fingerprint density at radius 2 is 2.18 bits per heavy atom. The molecule has 7 heteroatoms. The second-order valence-corrected chi connectivity index (χ2v) is 3.23. The van der Waals surface area contributed by atoms with Gasteiger partial charge in [-0.25, -0.2) is 4.68 Å². The number of rotatable bonds is 5. The van der Waals surface area contributed by atoms with Gasteiger partial charge in [0, 0.05) is 12.7 Å². The lowest BCUT2D eigenvalue weighted by molar-refractivity contribution is 0.0531. The third-order valence-corrected chi connectivity index (χ3v) is 2.12. The van der Waals surface area contributed by atoms with E-state index in [2.05, 4.69) is 10.4 Å². The van der Waals surface area contributed by atoms with Crippen molar-refractivity contribution in [3.05, 3.63) is 42.1 Å². The largest absolute Gasteiger partial charge is 0.468 e. The predicted molar refractivity (Wildman–Crippen MR) is 60.0 cm³/mol. The molecule has 17 heavy (non-hydrogen) atoms. The number of alkyl halides is 2. The minimum absolute atomic E-state index is 0. The fraction of sp³-hybridized carbons (Fsp3) is 0.300. The molecule has 0 unspecified atom stereocenters. The van der Waals surface area contributed by atoms with Gasteiger partial charge in [-0.2, -0.15) is 13.9 Å².